The largest absolute Gasteiger partial charge is 0.493 e. The lowest BCUT2D eigenvalue weighted by atomic mass is 10.0. The molecule has 0 aliphatic carbocycles. The quantitative estimate of drug-likeness (QED) is 0.644. The van der Waals surface area contributed by atoms with Crippen molar-refractivity contribution in [2.24, 2.45) is 0 Å². The predicted octanol–water partition coefficient (Wildman–Crippen LogP) is 2.51. The Bertz CT molecular complexity index is 403. The summed E-state index contributed by atoms with van der Waals surface area (Å²) in [4.78, 5) is 10.2. The fourth-order valence-corrected chi connectivity index (χ4v) is 2.18. The van der Waals surface area contributed by atoms with Crippen LogP contribution >= 0.6 is 0 Å². The SMILES string of the molecule is O=[N+]([O-])c1cccc(OCC[C@H]2CCCCN2)c1. The third kappa shape index (κ3) is 3.70. The van der Waals surface area contributed by atoms with Crippen molar-refractivity contribution in [3.8, 4) is 5.75 Å². The van der Waals surface area contributed by atoms with Gasteiger partial charge in [0.15, 0.2) is 0 Å². The number of benzene rings is 1. The average Bonchev–Trinajstić information content (AvgIpc) is 2.40. The minimum absolute atomic E-state index is 0.0725. The molecule has 0 saturated carbocycles. The molecule has 0 aromatic heterocycles. The highest BCUT2D eigenvalue weighted by molar-refractivity contribution is 5.37. The number of nitro benzene ring substituents is 1. The van der Waals surface area contributed by atoms with Gasteiger partial charge in [0.25, 0.3) is 5.69 Å². The number of nitrogens with zero attached hydrogens (tertiary/aromatic N) is 1. The summed E-state index contributed by atoms with van der Waals surface area (Å²) in [6.07, 6.45) is 4.66. The van der Waals surface area contributed by atoms with E-state index in [1.807, 2.05) is 0 Å². The highest BCUT2D eigenvalue weighted by Crippen LogP contribution is 2.19. The smallest absolute Gasteiger partial charge is 0.273 e. The third-order valence-electron chi connectivity index (χ3n) is 3.18. The number of non-ortho nitro benzene ring substituents is 1. The summed E-state index contributed by atoms with van der Waals surface area (Å²) < 4.78 is 5.56. The van der Waals surface area contributed by atoms with E-state index in [4.69, 9.17) is 4.74 Å². The second-order valence-electron chi connectivity index (χ2n) is 4.54. The van der Waals surface area contributed by atoms with E-state index in [9.17, 15) is 10.1 Å². The van der Waals surface area contributed by atoms with Crippen LogP contribution in [0.1, 0.15) is 25.7 Å². The maximum atomic E-state index is 10.6. The summed E-state index contributed by atoms with van der Waals surface area (Å²) in [6, 6.07) is 6.86. The van der Waals surface area contributed by atoms with E-state index >= 15 is 0 Å². The first-order valence-corrected chi connectivity index (χ1v) is 6.36. The van der Waals surface area contributed by atoms with Crippen molar-refractivity contribution >= 4 is 5.69 Å². The van der Waals surface area contributed by atoms with Gasteiger partial charge in [-0.1, -0.05) is 12.5 Å². The third-order valence-corrected chi connectivity index (χ3v) is 3.18. The molecule has 5 heteroatoms. The van der Waals surface area contributed by atoms with Gasteiger partial charge >= 0.3 is 0 Å². The van der Waals surface area contributed by atoms with Crippen LogP contribution in [0.3, 0.4) is 0 Å². The first-order chi connectivity index (χ1) is 8.75. The van der Waals surface area contributed by atoms with Crippen LogP contribution in [0.5, 0.6) is 5.75 Å². The molecule has 1 atom stereocenters. The van der Waals surface area contributed by atoms with Crippen molar-refractivity contribution in [2.45, 2.75) is 31.7 Å². The second kappa shape index (κ2) is 6.35. The molecule has 1 aliphatic rings. The number of nitro groups is 1. The maximum Gasteiger partial charge on any atom is 0.273 e. The van der Waals surface area contributed by atoms with Crippen LogP contribution in [0.25, 0.3) is 0 Å². The Kier molecular flexibility index (Phi) is 4.52. The number of rotatable bonds is 5. The van der Waals surface area contributed by atoms with Crippen LogP contribution in [-0.4, -0.2) is 24.1 Å². The molecule has 0 unspecified atom stereocenters. The lowest BCUT2D eigenvalue weighted by molar-refractivity contribution is -0.384. The molecule has 1 saturated heterocycles. The van der Waals surface area contributed by atoms with E-state index in [-0.39, 0.29) is 5.69 Å². The molecule has 1 aromatic carbocycles. The van der Waals surface area contributed by atoms with Gasteiger partial charge in [0.05, 0.1) is 17.6 Å². The fourth-order valence-electron chi connectivity index (χ4n) is 2.18. The van der Waals surface area contributed by atoms with Gasteiger partial charge in [0.2, 0.25) is 0 Å². The van der Waals surface area contributed by atoms with E-state index in [2.05, 4.69) is 5.32 Å². The number of piperidine rings is 1. The molecule has 98 valence electrons. The van der Waals surface area contributed by atoms with Crippen LogP contribution in [0, 0.1) is 10.1 Å². The van der Waals surface area contributed by atoms with Crippen LogP contribution < -0.4 is 10.1 Å². The topological polar surface area (TPSA) is 64.4 Å². The van der Waals surface area contributed by atoms with Crippen molar-refractivity contribution in [2.75, 3.05) is 13.2 Å². The Morgan fingerprint density at radius 1 is 1.44 bits per heavy atom. The molecular weight excluding hydrogens is 232 g/mol. The van der Waals surface area contributed by atoms with Crippen LogP contribution in [0.15, 0.2) is 24.3 Å². The van der Waals surface area contributed by atoms with Gasteiger partial charge in [0.1, 0.15) is 5.75 Å². The van der Waals surface area contributed by atoms with Gasteiger partial charge in [-0.15, -0.1) is 0 Å². The monoisotopic (exact) mass is 250 g/mol. The second-order valence-corrected chi connectivity index (χ2v) is 4.54. The van der Waals surface area contributed by atoms with Gasteiger partial charge in [-0.3, -0.25) is 10.1 Å². The van der Waals surface area contributed by atoms with Gasteiger partial charge in [-0.05, 0) is 31.9 Å². The molecule has 1 aliphatic heterocycles. The molecule has 1 heterocycles. The molecule has 1 N–H and O–H groups in total. The van der Waals surface area contributed by atoms with Crippen molar-refractivity contribution in [3.63, 3.8) is 0 Å². The van der Waals surface area contributed by atoms with Crippen LogP contribution in [0.2, 0.25) is 0 Å². The van der Waals surface area contributed by atoms with Crippen molar-refractivity contribution in [1.82, 2.24) is 5.32 Å². The van der Waals surface area contributed by atoms with Gasteiger partial charge in [0, 0.05) is 12.1 Å². The molecule has 0 bridgehead atoms. The van der Waals surface area contributed by atoms with Gasteiger partial charge < -0.3 is 10.1 Å². The predicted molar refractivity (Wildman–Crippen MR) is 68.9 cm³/mol. The molecule has 1 fully saturated rings. The average molecular weight is 250 g/mol. The number of nitrogens with one attached hydrogen (secondary N) is 1. The van der Waals surface area contributed by atoms with Crippen molar-refractivity contribution in [1.29, 1.82) is 0 Å². The van der Waals surface area contributed by atoms with Crippen molar-refractivity contribution in [3.05, 3.63) is 34.4 Å². The Morgan fingerprint density at radius 3 is 3.06 bits per heavy atom. The Labute approximate surface area is 106 Å². The zero-order chi connectivity index (χ0) is 12.8. The molecule has 18 heavy (non-hydrogen) atoms. The Morgan fingerprint density at radius 2 is 2.33 bits per heavy atom. The molecule has 0 amide bonds. The van der Waals surface area contributed by atoms with E-state index in [0.29, 0.717) is 18.4 Å². The number of hydrogen-bond acceptors (Lipinski definition) is 4. The lowest BCUT2D eigenvalue weighted by Crippen LogP contribution is -2.35. The molecule has 5 nitrogen and oxygen atoms in total. The summed E-state index contributed by atoms with van der Waals surface area (Å²) in [5.74, 6) is 0.569. The molecular formula is C13H18N2O3. The summed E-state index contributed by atoms with van der Waals surface area (Å²) in [5.41, 5.74) is 0.0725. The number of hydrogen-bond donors (Lipinski definition) is 1. The van der Waals surface area contributed by atoms with E-state index < -0.39 is 4.92 Å². The zero-order valence-electron chi connectivity index (χ0n) is 10.3. The summed E-state index contributed by atoms with van der Waals surface area (Å²) in [7, 11) is 0. The summed E-state index contributed by atoms with van der Waals surface area (Å²) in [6.45, 7) is 1.68. The molecule has 2 rings (SSSR count). The zero-order valence-corrected chi connectivity index (χ0v) is 10.3. The number of ether oxygens (including phenoxy) is 1. The minimum atomic E-state index is -0.407. The first kappa shape index (κ1) is 12.8. The Hall–Kier alpha value is -1.62. The normalized spacial score (nSPS) is 19.4. The standard InChI is InChI=1S/C13H18N2O3/c16-15(17)12-5-3-6-13(10-12)18-9-7-11-4-1-2-8-14-11/h3,5-6,10-11,14H,1-2,4,7-9H2/t11-/m1/s1. The molecule has 0 spiro atoms. The lowest BCUT2D eigenvalue weighted by Gasteiger charge is -2.23. The maximum absolute atomic E-state index is 10.6. The first-order valence-electron chi connectivity index (χ1n) is 6.36. The van der Waals surface area contributed by atoms with Crippen LogP contribution in [0.4, 0.5) is 5.69 Å². The highest BCUT2D eigenvalue weighted by atomic mass is 16.6. The molecule has 1 aromatic rings. The van der Waals surface area contributed by atoms with E-state index in [1.165, 1.54) is 31.4 Å². The van der Waals surface area contributed by atoms with Crippen LogP contribution in [-0.2, 0) is 0 Å². The summed E-state index contributed by atoms with van der Waals surface area (Å²) >= 11 is 0. The molecule has 0 radical (unpaired) electrons. The van der Waals surface area contributed by atoms with Crippen molar-refractivity contribution < 1.29 is 9.66 Å². The van der Waals surface area contributed by atoms with E-state index in [1.54, 1.807) is 12.1 Å². The minimum Gasteiger partial charge on any atom is -0.493 e. The van der Waals surface area contributed by atoms with E-state index in [0.717, 1.165) is 13.0 Å². The fraction of sp³-hybridized carbons (Fsp3) is 0.538. The summed E-state index contributed by atoms with van der Waals surface area (Å²) in [5, 5.41) is 14.1. The highest BCUT2D eigenvalue weighted by Gasteiger charge is 2.12. The Balaban J connectivity index is 1.78. The van der Waals surface area contributed by atoms with Gasteiger partial charge in [-0.25, -0.2) is 0 Å². The van der Waals surface area contributed by atoms with Gasteiger partial charge in [-0.2, -0.15) is 0 Å².